The number of aromatic nitrogens is 3. The SMILES string of the molecule is C=C(NCCCS)c1ccc(C)cc1.C=C(c1ccc2c(c1)nc(CNc1ccc(C=N)cc1)n2C)N(CCC(=O)NC(C)(C)CCC)c1ccccn1.CC.CN. The van der Waals surface area contributed by atoms with Crippen LogP contribution in [0.15, 0.2) is 104 Å². The van der Waals surface area contributed by atoms with Crippen LogP contribution in [0.2, 0.25) is 0 Å². The second-order valence-electron chi connectivity index (χ2n) is 14.0. The number of hydrogen-bond donors (Lipinski definition) is 6. The van der Waals surface area contributed by atoms with Gasteiger partial charge in [0.25, 0.3) is 0 Å². The second kappa shape index (κ2) is 25.8. The Morgan fingerprint density at radius 2 is 1.67 bits per heavy atom. The summed E-state index contributed by atoms with van der Waals surface area (Å²) in [5, 5.41) is 17.2. The average molecular weight is 806 g/mol. The number of pyridine rings is 1. The topological polar surface area (TPSA) is 137 Å². The minimum Gasteiger partial charge on any atom is -0.385 e. The van der Waals surface area contributed by atoms with Crippen LogP contribution < -0.4 is 26.6 Å². The van der Waals surface area contributed by atoms with Crippen LogP contribution in [0.3, 0.4) is 0 Å². The Balaban J connectivity index is 0.000000539. The third-order valence-electron chi connectivity index (χ3n) is 9.07. The summed E-state index contributed by atoms with van der Waals surface area (Å²) in [5.74, 6) is 2.57. The molecule has 0 bridgehead atoms. The van der Waals surface area contributed by atoms with Gasteiger partial charge in [0.15, 0.2) is 0 Å². The molecule has 0 unspecified atom stereocenters. The van der Waals surface area contributed by atoms with E-state index in [4.69, 9.17) is 10.4 Å². The van der Waals surface area contributed by atoms with Gasteiger partial charge in [-0.15, -0.1) is 0 Å². The van der Waals surface area contributed by atoms with Crippen LogP contribution in [0.4, 0.5) is 11.5 Å². The normalized spacial score (nSPS) is 10.4. The van der Waals surface area contributed by atoms with Crippen molar-refractivity contribution in [2.45, 2.75) is 79.3 Å². The summed E-state index contributed by atoms with van der Waals surface area (Å²) in [7, 11) is 3.51. The molecule has 0 radical (unpaired) electrons. The highest BCUT2D eigenvalue weighted by molar-refractivity contribution is 7.80. The van der Waals surface area contributed by atoms with Gasteiger partial charge >= 0.3 is 0 Å². The lowest BCUT2D eigenvalue weighted by Crippen LogP contribution is -2.44. The number of nitrogens with one attached hydrogen (secondary N) is 4. The molecule has 0 fully saturated rings. The van der Waals surface area contributed by atoms with E-state index in [1.165, 1.54) is 18.8 Å². The van der Waals surface area contributed by atoms with E-state index in [-0.39, 0.29) is 11.4 Å². The van der Waals surface area contributed by atoms with Crippen LogP contribution in [0.25, 0.3) is 22.4 Å². The summed E-state index contributed by atoms with van der Waals surface area (Å²) >= 11 is 4.15. The van der Waals surface area contributed by atoms with Crippen LogP contribution in [-0.2, 0) is 18.4 Å². The molecule has 0 atom stereocenters. The number of nitrogens with zero attached hydrogens (tertiary/aromatic N) is 4. The fourth-order valence-electron chi connectivity index (χ4n) is 6.04. The Hall–Kier alpha value is -5.39. The summed E-state index contributed by atoms with van der Waals surface area (Å²) in [6.45, 7) is 22.7. The van der Waals surface area contributed by atoms with Crippen LogP contribution in [0.5, 0.6) is 0 Å². The first-order chi connectivity index (χ1) is 27.9. The lowest BCUT2D eigenvalue weighted by molar-refractivity contribution is -0.122. The number of amides is 1. The molecule has 58 heavy (non-hydrogen) atoms. The number of fused-ring (bicyclic) bond motifs is 1. The number of nitrogens with two attached hydrogens (primary N) is 1. The molecule has 11 heteroatoms. The molecule has 6 N–H and O–H groups in total. The summed E-state index contributed by atoms with van der Waals surface area (Å²) in [4.78, 5) is 24.3. The number of carbonyl (C=O) groups excluding carboxylic acids is 1. The van der Waals surface area contributed by atoms with Crippen molar-refractivity contribution in [3.05, 3.63) is 132 Å². The van der Waals surface area contributed by atoms with Gasteiger partial charge in [-0.1, -0.05) is 94.4 Å². The standard InChI is InChI=1S/C32H39N7O.C12H17NS.C2H6.CH5N/c1-6-17-32(3,4)37-31(40)16-19-39(29-9-7-8-18-34-29)23(2)25-12-15-28-27(20-25)36-30(38(28)5)22-35-26-13-10-24(21-33)11-14-26;1-10-4-6-12(7-5-10)11(2)13-8-3-9-14;2*1-2/h7-15,18,20-21,33,35H,2,6,16-17,19,22H2,1,3-5H3,(H,37,40);4-7,13-14H,2-3,8-9H2,1H3;1-2H3;2H2,1H3. The quantitative estimate of drug-likeness (QED) is 0.0295. The largest absolute Gasteiger partial charge is 0.385 e. The van der Waals surface area contributed by atoms with Gasteiger partial charge < -0.3 is 36.6 Å². The van der Waals surface area contributed by atoms with Gasteiger partial charge in [0, 0.05) is 61.6 Å². The molecule has 1 amide bonds. The predicted octanol–water partition coefficient (Wildman–Crippen LogP) is 9.62. The van der Waals surface area contributed by atoms with E-state index < -0.39 is 0 Å². The molecule has 2 heterocycles. The van der Waals surface area contributed by atoms with E-state index in [0.717, 1.165) is 88.0 Å². The van der Waals surface area contributed by atoms with Crippen LogP contribution in [0.1, 0.15) is 88.4 Å². The first-order valence-corrected chi connectivity index (χ1v) is 20.7. The van der Waals surface area contributed by atoms with Crippen molar-refractivity contribution in [1.82, 2.24) is 25.2 Å². The number of thiol groups is 1. The maximum absolute atomic E-state index is 12.8. The predicted molar refractivity (Wildman–Crippen MR) is 253 cm³/mol. The zero-order chi connectivity index (χ0) is 43.1. The first kappa shape index (κ1) is 48.8. The molecular weight excluding hydrogens is 739 g/mol. The summed E-state index contributed by atoms with van der Waals surface area (Å²) in [6.07, 6.45) is 6.41. The molecule has 3 aromatic carbocycles. The zero-order valence-corrected chi connectivity index (χ0v) is 36.9. The van der Waals surface area contributed by atoms with Crippen molar-refractivity contribution in [3.8, 4) is 0 Å². The maximum atomic E-state index is 12.8. The number of aryl methyl sites for hydroxylation is 2. The highest BCUT2D eigenvalue weighted by Crippen LogP contribution is 2.27. The lowest BCUT2D eigenvalue weighted by Gasteiger charge is -2.28. The lowest BCUT2D eigenvalue weighted by atomic mass is 9.99. The van der Waals surface area contributed by atoms with E-state index >= 15 is 0 Å². The van der Waals surface area contributed by atoms with E-state index in [1.54, 1.807) is 6.20 Å². The second-order valence-corrected chi connectivity index (χ2v) is 14.4. The van der Waals surface area contributed by atoms with Crippen molar-refractivity contribution >= 4 is 58.7 Å². The van der Waals surface area contributed by atoms with Gasteiger partial charge in [0.2, 0.25) is 5.91 Å². The molecule has 0 saturated carbocycles. The van der Waals surface area contributed by atoms with E-state index in [9.17, 15) is 4.79 Å². The van der Waals surface area contributed by atoms with E-state index in [1.807, 2.05) is 80.4 Å². The van der Waals surface area contributed by atoms with Gasteiger partial charge in [0.05, 0.1) is 17.6 Å². The Bertz CT molecular complexity index is 1990. The van der Waals surface area contributed by atoms with Gasteiger partial charge in [-0.2, -0.15) is 12.6 Å². The van der Waals surface area contributed by atoms with Crippen molar-refractivity contribution in [3.63, 3.8) is 0 Å². The van der Waals surface area contributed by atoms with Gasteiger partial charge in [0.1, 0.15) is 11.6 Å². The van der Waals surface area contributed by atoms with Crippen LogP contribution in [0, 0.1) is 12.3 Å². The van der Waals surface area contributed by atoms with Crippen molar-refractivity contribution in [1.29, 1.82) is 5.41 Å². The van der Waals surface area contributed by atoms with Gasteiger partial charge in [-0.05, 0) is 99.5 Å². The molecule has 5 rings (SSSR count). The third-order valence-corrected chi connectivity index (χ3v) is 9.39. The van der Waals surface area contributed by atoms with Crippen LogP contribution in [-0.4, -0.2) is 58.1 Å². The fourth-order valence-corrected chi connectivity index (χ4v) is 6.20. The molecular formula is C47H67N9OS. The molecule has 5 aromatic rings. The molecule has 0 aliphatic rings. The van der Waals surface area contributed by atoms with E-state index in [0.29, 0.717) is 19.5 Å². The average Bonchev–Trinajstić information content (AvgIpc) is 3.56. The molecule has 312 valence electrons. The number of benzene rings is 3. The smallest absolute Gasteiger partial charge is 0.222 e. The monoisotopic (exact) mass is 806 g/mol. The molecule has 2 aromatic heterocycles. The molecule has 10 nitrogen and oxygen atoms in total. The first-order valence-electron chi connectivity index (χ1n) is 20.1. The highest BCUT2D eigenvalue weighted by atomic mass is 32.1. The maximum Gasteiger partial charge on any atom is 0.222 e. The number of carbonyl (C=O) groups is 1. The summed E-state index contributed by atoms with van der Waals surface area (Å²) in [5.41, 5.74) is 13.1. The molecule has 0 aliphatic heterocycles. The van der Waals surface area contributed by atoms with Crippen molar-refractivity contribution < 1.29 is 4.79 Å². The highest BCUT2D eigenvalue weighted by Gasteiger charge is 2.21. The molecule has 0 aliphatic carbocycles. The van der Waals surface area contributed by atoms with E-state index in [2.05, 4.69) is 115 Å². The van der Waals surface area contributed by atoms with Gasteiger partial charge in [-0.3, -0.25) is 4.79 Å². The third kappa shape index (κ3) is 15.5. The fraction of sp³-hybridized carbons (Fsp3) is 0.362. The number of hydrogen-bond acceptors (Lipinski definition) is 9. The minimum absolute atomic E-state index is 0.0111. The zero-order valence-electron chi connectivity index (χ0n) is 36.0. The molecule has 0 saturated heterocycles. The minimum atomic E-state index is -0.237. The van der Waals surface area contributed by atoms with Gasteiger partial charge in [-0.25, -0.2) is 9.97 Å². The molecule has 0 spiro atoms. The van der Waals surface area contributed by atoms with Crippen molar-refractivity contribution in [2.75, 3.05) is 36.1 Å². The van der Waals surface area contributed by atoms with Crippen LogP contribution >= 0.6 is 12.6 Å². The Kier molecular flexibility index (Phi) is 21.7. The Morgan fingerprint density at radius 3 is 2.28 bits per heavy atom. The Morgan fingerprint density at radius 1 is 1.00 bits per heavy atom. The summed E-state index contributed by atoms with van der Waals surface area (Å²) in [6, 6.07) is 28.0. The number of rotatable bonds is 18. The van der Waals surface area contributed by atoms with Crippen molar-refractivity contribution in [2.24, 2.45) is 12.8 Å². The summed E-state index contributed by atoms with van der Waals surface area (Å²) < 4.78 is 2.08. The number of imidazole rings is 1. The number of anilines is 2. The Labute approximate surface area is 353 Å².